The highest BCUT2D eigenvalue weighted by atomic mass is 16.6. The van der Waals surface area contributed by atoms with Crippen LogP contribution in [0.5, 0.6) is 0 Å². The molecule has 0 aliphatic carbocycles. The van der Waals surface area contributed by atoms with Crippen LogP contribution in [0.3, 0.4) is 0 Å². The van der Waals surface area contributed by atoms with E-state index in [9.17, 15) is 0 Å². The van der Waals surface area contributed by atoms with Crippen LogP contribution in [0.1, 0.15) is 5.56 Å². The first kappa shape index (κ1) is 12.3. The van der Waals surface area contributed by atoms with Crippen molar-refractivity contribution in [2.45, 2.75) is 0 Å². The van der Waals surface area contributed by atoms with Gasteiger partial charge in [0, 0.05) is 0 Å². The van der Waals surface area contributed by atoms with Gasteiger partial charge >= 0.3 is 0 Å². The fraction of sp³-hybridized carbons (Fsp3) is 0.133. The lowest BCUT2D eigenvalue weighted by Crippen LogP contribution is -1.93. The second kappa shape index (κ2) is 6.57. The second-order valence-electron chi connectivity index (χ2n) is 3.78. The summed E-state index contributed by atoms with van der Waals surface area (Å²) in [5, 5.41) is 12.3. The maximum atomic E-state index is 8.56. The number of hydrogen-bond acceptors (Lipinski definition) is 3. The average Bonchev–Trinajstić information content (AvgIpc) is 2.45. The molecule has 0 aliphatic heterocycles. The number of hydrogen-bond donors (Lipinski definition) is 1. The smallest absolute Gasteiger partial charge is 0.140 e. The van der Waals surface area contributed by atoms with Gasteiger partial charge in [0.15, 0.2) is 0 Å². The maximum Gasteiger partial charge on any atom is 0.140 e. The van der Waals surface area contributed by atoms with Crippen molar-refractivity contribution >= 4 is 6.21 Å². The minimum absolute atomic E-state index is 0.0264. The second-order valence-corrected chi connectivity index (χ2v) is 3.78. The molecule has 3 nitrogen and oxygen atoms in total. The Morgan fingerprint density at radius 2 is 1.78 bits per heavy atom. The Morgan fingerprint density at radius 3 is 2.56 bits per heavy atom. The molecule has 0 radical (unpaired) electrons. The van der Waals surface area contributed by atoms with Gasteiger partial charge in [-0.05, 0) is 22.8 Å². The Bertz CT molecular complexity index is 509. The monoisotopic (exact) mass is 241 g/mol. The summed E-state index contributed by atoms with van der Waals surface area (Å²) in [5.41, 5.74) is 3.28. The molecule has 1 N–H and O–H groups in total. The average molecular weight is 241 g/mol. The fourth-order valence-electron chi connectivity index (χ4n) is 1.62. The van der Waals surface area contributed by atoms with E-state index in [0.29, 0.717) is 0 Å². The molecule has 0 heterocycles. The van der Waals surface area contributed by atoms with Crippen LogP contribution < -0.4 is 0 Å². The summed E-state index contributed by atoms with van der Waals surface area (Å²) in [6.45, 7) is 0.191. The predicted octanol–water partition coefficient (Wildman–Crippen LogP) is 2.70. The molecular weight excluding hydrogens is 226 g/mol. The molecule has 0 spiro atoms. The van der Waals surface area contributed by atoms with Crippen molar-refractivity contribution in [2.24, 2.45) is 5.16 Å². The van der Waals surface area contributed by atoms with Crippen LogP contribution in [0.15, 0.2) is 59.8 Å². The van der Waals surface area contributed by atoms with Crippen LogP contribution in [0.4, 0.5) is 0 Å². The summed E-state index contributed by atoms with van der Waals surface area (Å²) in [5.74, 6) is 0. The quantitative estimate of drug-likeness (QED) is 0.497. The topological polar surface area (TPSA) is 41.8 Å². The zero-order valence-electron chi connectivity index (χ0n) is 9.99. The molecule has 92 valence electrons. The minimum Gasteiger partial charge on any atom is -0.393 e. The van der Waals surface area contributed by atoms with E-state index < -0.39 is 0 Å². The van der Waals surface area contributed by atoms with Crippen LogP contribution in [-0.4, -0.2) is 24.5 Å². The van der Waals surface area contributed by atoms with E-state index in [0.717, 1.165) is 11.1 Å². The van der Waals surface area contributed by atoms with Crippen LogP contribution in [0.25, 0.3) is 11.1 Å². The third-order valence-electron chi connectivity index (χ3n) is 2.45. The standard InChI is InChI=1S/C15H15NO2/c17-9-10-18-16-12-13-5-4-8-15(11-13)14-6-2-1-3-7-14/h1-8,11-12,17H,9-10H2/b16-12-. The Morgan fingerprint density at radius 1 is 1.00 bits per heavy atom. The molecule has 0 saturated carbocycles. The first-order valence-electron chi connectivity index (χ1n) is 5.82. The Balaban J connectivity index is 2.13. The summed E-state index contributed by atoms with van der Waals surface area (Å²) in [6, 6.07) is 18.2. The summed E-state index contributed by atoms with van der Waals surface area (Å²) in [7, 11) is 0. The zero-order valence-corrected chi connectivity index (χ0v) is 9.99. The van der Waals surface area contributed by atoms with Gasteiger partial charge in [-0.25, -0.2) is 0 Å². The molecule has 0 saturated heterocycles. The van der Waals surface area contributed by atoms with E-state index in [-0.39, 0.29) is 13.2 Å². The first-order chi connectivity index (χ1) is 8.90. The fourth-order valence-corrected chi connectivity index (χ4v) is 1.62. The SMILES string of the molecule is OCCO/N=C\c1cccc(-c2ccccc2)c1. The molecule has 0 aromatic heterocycles. The van der Waals surface area contributed by atoms with E-state index in [4.69, 9.17) is 9.94 Å². The molecular formula is C15H15NO2. The summed E-state index contributed by atoms with van der Waals surface area (Å²) in [4.78, 5) is 4.85. The van der Waals surface area contributed by atoms with E-state index >= 15 is 0 Å². The number of rotatable bonds is 5. The van der Waals surface area contributed by atoms with Gasteiger partial charge in [-0.3, -0.25) is 0 Å². The van der Waals surface area contributed by atoms with Gasteiger partial charge in [-0.2, -0.15) is 0 Å². The van der Waals surface area contributed by atoms with Crippen molar-refractivity contribution in [1.29, 1.82) is 0 Å². The largest absolute Gasteiger partial charge is 0.393 e. The molecule has 2 aromatic rings. The van der Waals surface area contributed by atoms with Gasteiger partial charge < -0.3 is 9.94 Å². The first-order valence-corrected chi connectivity index (χ1v) is 5.82. The highest BCUT2D eigenvalue weighted by Crippen LogP contribution is 2.19. The van der Waals surface area contributed by atoms with Gasteiger partial charge in [0.05, 0.1) is 12.8 Å². The van der Waals surface area contributed by atoms with Crippen LogP contribution in [0, 0.1) is 0 Å². The molecule has 0 atom stereocenters. The Kier molecular flexibility index (Phi) is 4.50. The summed E-state index contributed by atoms with van der Waals surface area (Å²) < 4.78 is 0. The molecule has 3 heteroatoms. The van der Waals surface area contributed by atoms with Gasteiger partial charge in [0.2, 0.25) is 0 Å². The van der Waals surface area contributed by atoms with Crippen LogP contribution in [0.2, 0.25) is 0 Å². The third kappa shape index (κ3) is 3.43. The normalized spacial score (nSPS) is 10.7. The lowest BCUT2D eigenvalue weighted by Gasteiger charge is -2.02. The van der Waals surface area contributed by atoms with Crippen molar-refractivity contribution in [3.05, 3.63) is 60.2 Å². The van der Waals surface area contributed by atoms with Crippen LogP contribution >= 0.6 is 0 Å². The summed E-state index contributed by atoms with van der Waals surface area (Å²) >= 11 is 0. The number of aliphatic hydroxyl groups excluding tert-OH is 1. The number of aliphatic hydroxyl groups is 1. The van der Waals surface area contributed by atoms with E-state index in [1.54, 1.807) is 6.21 Å². The molecule has 18 heavy (non-hydrogen) atoms. The molecule has 2 rings (SSSR count). The Labute approximate surface area is 106 Å². The van der Waals surface area contributed by atoms with E-state index in [1.807, 2.05) is 36.4 Å². The lowest BCUT2D eigenvalue weighted by molar-refractivity contribution is 0.0997. The number of benzene rings is 2. The van der Waals surface area contributed by atoms with Crippen LogP contribution in [-0.2, 0) is 4.84 Å². The van der Waals surface area contributed by atoms with Gasteiger partial charge in [0.25, 0.3) is 0 Å². The van der Waals surface area contributed by atoms with Crippen molar-refractivity contribution in [2.75, 3.05) is 13.2 Å². The Hall–Kier alpha value is -2.13. The third-order valence-corrected chi connectivity index (χ3v) is 2.45. The van der Waals surface area contributed by atoms with Gasteiger partial charge in [0.1, 0.15) is 6.61 Å². The van der Waals surface area contributed by atoms with E-state index in [1.165, 1.54) is 5.56 Å². The predicted molar refractivity (Wildman–Crippen MR) is 72.5 cm³/mol. The number of oxime groups is 1. The van der Waals surface area contributed by atoms with Crippen molar-refractivity contribution in [1.82, 2.24) is 0 Å². The van der Waals surface area contributed by atoms with Crippen molar-refractivity contribution in [3.8, 4) is 11.1 Å². The molecule has 2 aromatic carbocycles. The highest BCUT2D eigenvalue weighted by molar-refractivity contribution is 5.82. The minimum atomic E-state index is -0.0264. The van der Waals surface area contributed by atoms with Gasteiger partial charge in [-0.1, -0.05) is 53.7 Å². The van der Waals surface area contributed by atoms with Crippen molar-refractivity contribution in [3.63, 3.8) is 0 Å². The molecule has 0 aliphatic rings. The highest BCUT2D eigenvalue weighted by Gasteiger charge is 1.96. The van der Waals surface area contributed by atoms with Crippen molar-refractivity contribution < 1.29 is 9.94 Å². The molecule has 0 unspecified atom stereocenters. The van der Waals surface area contributed by atoms with Gasteiger partial charge in [-0.15, -0.1) is 0 Å². The summed E-state index contributed by atoms with van der Waals surface area (Å²) in [6.07, 6.45) is 1.64. The maximum absolute atomic E-state index is 8.56. The zero-order chi connectivity index (χ0) is 12.6. The lowest BCUT2D eigenvalue weighted by atomic mass is 10.0. The molecule has 0 amide bonds. The number of nitrogens with zero attached hydrogens (tertiary/aromatic N) is 1. The molecule has 0 fully saturated rings. The molecule has 0 bridgehead atoms. The van der Waals surface area contributed by atoms with E-state index in [2.05, 4.69) is 23.4 Å².